The number of benzene rings is 3. The van der Waals surface area contributed by atoms with E-state index in [1.165, 1.54) is 24.1 Å². The molecule has 0 aromatic heterocycles. The quantitative estimate of drug-likeness (QED) is 0.367. The maximum atomic E-state index is 14.8. The fourth-order valence-electron chi connectivity index (χ4n) is 4.57. The van der Waals surface area contributed by atoms with Crippen LogP contribution < -0.4 is 10.1 Å². The summed E-state index contributed by atoms with van der Waals surface area (Å²) in [5.74, 6) is -1.69. The summed E-state index contributed by atoms with van der Waals surface area (Å²) in [6, 6.07) is 18.5. The molecule has 3 aromatic carbocycles. The van der Waals surface area contributed by atoms with Crippen LogP contribution in [0.5, 0.6) is 5.75 Å². The number of aliphatic hydroxyl groups excluding tert-OH is 2. The average molecular weight is 557 g/mol. The molecule has 4 rings (SSSR count). The highest BCUT2D eigenvalue weighted by Crippen LogP contribution is 2.34. The number of carbonyl (C=O) groups excluding carboxylic acids is 2. The molecule has 1 fully saturated rings. The lowest BCUT2D eigenvalue weighted by atomic mass is 10.0. The van der Waals surface area contributed by atoms with Crippen molar-refractivity contribution in [3.8, 4) is 16.9 Å². The first-order valence-corrected chi connectivity index (χ1v) is 13.3. The van der Waals surface area contributed by atoms with E-state index in [1.54, 1.807) is 36.4 Å². The lowest BCUT2D eigenvalue weighted by Gasteiger charge is -2.28. The van der Waals surface area contributed by atoms with Crippen molar-refractivity contribution >= 4 is 23.4 Å². The van der Waals surface area contributed by atoms with E-state index in [1.807, 2.05) is 32.0 Å². The van der Waals surface area contributed by atoms with E-state index in [0.29, 0.717) is 35.7 Å². The highest BCUT2D eigenvalue weighted by molar-refractivity contribution is 6.30. The molecule has 9 heteroatoms. The Morgan fingerprint density at radius 1 is 1.08 bits per heavy atom. The van der Waals surface area contributed by atoms with Crippen LogP contribution in [-0.4, -0.2) is 52.8 Å². The summed E-state index contributed by atoms with van der Waals surface area (Å²) < 4.78 is 20.1. The summed E-state index contributed by atoms with van der Waals surface area (Å²) in [7, 11) is 1.53. The van der Waals surface area contributed by atoms with Gasteiger partial charge in [-0.15, -0.1) is 0 Å². The summed E-state index contributed by atoms with van der Waals surface area (Å²) in [5, 5.41) is 23.8. The van der Waals surface area contributed by atoms with Gasteiger partial charge in [0, 0.05) is 29.2 Å². The lowest BCUT2D eigenvalue weighted by molar-refractivity contribution is -0.153. The largest absolute Gasteiger partial charge is 0.496 e. The zero-order chi connectivity index (χ0) is 28.5. The third-order valence-corrected chi connectivity index (χ3v) is 6.75. The number of ether oxygens (including phenoxy) is 1. The van der Waals surface area contributed by atoms with E-state index in [-0.39, 0.29) is 18.2 Å². The minimum Gasteiger partial charge on any atom is -0.496 e. The predicted molar refractivity (Wildman–Crippen MR) is 149 cm³/mol. The van der Waals surface area contributed by atoms with E-state index in [4.69, 9.17) is 16.3 Å². The van der Waals surface area contributed by atoms with Gasteiger partial charge in [0.1, 0.15) is 11.6 Å². The first-order chi connectivity index (χ1) is 18.8. The number of methoxy groups -OCH3 is 1. The van der Waals surface area contributed by atoms with Gasteiger partial charge in [0.15, 0.2) is 12.2 Å². The van der Waals surface area contributed by atoms with Crippen LogP contribution in [0.4, 0.5) is 4.39 Å². The van der Waals surface area contributed by atoms with Crippen molar-refractivity contribution in [1.82, 2.24) is 10.2 Å². The van der Waals surface area contributed by atoms with Crippen molar-refractivity contribution in [2.24, 2.45) is 0 Å². The van der Waals surface area contributed by atoms with Crippen LogP contribution in [-0.2, 0) is 16.1 Å². The van der Waals surface area contributed by atoms with Crippen molar-refractivity contribution in [2.75, 3.05) is 13.7 Å². The number of nitrogens with one attached hydrogen (secondary N) is 1. The van der Waals surface area contributed by atoms with E-state index >= 15 is 0 Å². The molecule has 7 nitrogen and oxygen atoms in total. The summed E-state index contributed by atoms with van der Waals surface area (Å²) >= 11 is 6.08. The molecular weight excluding hydrogens is 523 g/mol. The zero-order valence-corrected chi connectivity index (χ0v) is 23.0. The summed E-state index contributed by atoms with van der Waals surface area (Å²) in [6.07, 6.45) is -2.59. The molecule has 0 radical (unpaired) electrons. The van der Waals surface area contributed by atoms with Crippen LogP contribution in [0.2, 0.25) is 5.02 Å². The molecular formula is C30H34ClFN2O5. The number of carbonyl (C=O) groups is 2. The Morgan fingerprint density at radius 2 is 1.82 bits per heavy atom. The first kappa shape index (κ1) is 30.1. The van der Waals surface area contributed by atoms with E-state index in [2.05, 4.69) is 5.32 Å². The van der Waals surface area contributed by atoms with Crippen molar-refractivity contribution < 1.29 is 28.9 Å². The normalized spacial score (nSPS) is 16.1. The molecule has 0 saturated carbocycles. The molecule has 3 N–H and O–H groups in total. The minimum absolute atomic E-state index is 0.181. The third kappa shape index (κ3) is 7.15. The van der Waals surface area contributed by atoms with Crippen molar-refractivity contribution in [2.45, 2.75) is 51.5 Å². The number of hydrogen-bond donors (Lipinski definition) is 3. The topological polar surface area (TPSA) is 99.1 Å². The maximum Gasteiger partial charge on any atom is 0.255 e. The number of aliphatic hydroxyl groups is 2. The molecule has 3 aromatic rings. The molecule has 0 aliphatic carbocycles. The van der Waals surface area contributed by atoms with Crippen LogP contribution in [0.25, 0.3) is 11.1 Å². The average Bonchev–Trinajstić information content (AvgIpc) is 3.46. The number of para-hydroxylation sites is 1. The Bertz CT molecular complexity index is 1290. The van der Waals surface area contributed by atoms with Gasteiger partial charge in [-0.1, -0.05) is 67.9 Å². The minimum atomic E-state index is -2.01. The number of rotatable bonds is 8. The van der Waals surface area contributed by atoms with Gasteiger partial charge >= 0.3 is 0 Å². The van der Waals surface area contributed by atoms with Crippen molar-refractivity contribution in [3.05, 3.63) is 88.7 Å². The Labute approximate surface area is 233 Å². The van der Waals surface area contributed by atoms with Gasteiger partial charge in [0.05, 0.1) is 13.2 Å². The van der Waals surface area contributed by atoms with Crippen LogP contribution >= 0.6 is 11.6 Å². The SMILES string of the molecule is CC.COc1ccccc1-c1ccc(CNC(=O)[C@H](O)[C@@H](O)C(=O)N2CCCC2c2cccc(Cl)c2)c(F)c1. The highest BCUT2D eigenvalue weighted by Gasteiger charge is 2.38. The van der Waals surface area contributed by atoms with Crippen LogP contribution in [0.15, 0.2) is 66.7 Å². The molecule has 208 valence electrons. The smallest absolute Gasteiger partial charge is 0.255 e. The fourth-order valence-corrected chi connectivity index (χ4v) is 4.77. The molecule has 3 atom stereocenters. The van der Waals surface area contributed by atoms with E-state index < -0.39 is 29.8 Å². The van der Waals surface area contributed by atoms with Gasteiger partial charge in [-0.3, -0.25) is 9.59 Å². The maximum absolute atomic E-state index is 14.8. The van der Waals surface area contributed by atoms with E-state index in [0.717, 1.165) is 11.1 Å². The van der Waals surface area contributed by atoms with Gasteiger partial charge in [-0.2, -0.15) is 0 Å². The van der Waals surface area contributed by atoms with Gasteiger partial charge in [0.2, 0.25) is 0 Å². The summed E-state index contributed by atoms with van der Waals surface area (Å²) in [4.78, 5) is 26.9. The third-order valence-electron chi connectivity index (χ3n) is 6.51. The number of nitrogens with zero attached hydrogens (tertiary/aromatic N) is 1. The van der Waals surface area contributed by atoms with Crippen molar-refractivity contribution in [1.29, 1.82) is 0 Å². The molecule has 2 amide bonds. The molecule has 0 spiro atoms. The molecule has 39 heavy (non-hydrogen) atoms. The number of amides is 2. The molecule has 0 bridgehead atoms. The van der Waals surface area contributed by atoms with Crippen molar-refractivity contribution in [3.63, 3.8) is 0 Å². The number of hydrogen-bond acceptors (Lipinski definition) is 5. The van der Waals surface area contributed by atoms with Gasteiger partial charge < -0.3 is 25.2 Å². The molecule has 1 aliphatic rings. The second kappa shape index (κ2) is 14.1. The van der Waals surface area contributed by atoms with Crippen LogP contribution in [0.3, 0.4) is 0 Å². The van der Waals surface area contributed by atoms with Gasteiger partial charge in [0.25, 0.3) is 11.8 Å². The lowest BCUT2D eigenvalue weighted by Crippen LogP contribution is -2.50. The first-order valence-electron chi connectivity index (χ1n) is 12.9. The fraction of sp³-hybridized carbons (Fsp3) is 0.333. The number of halogens is 2. The summed E-state index contributed by atoms with van der Waals surface area (Å²) in [5.41, 5.74) is 2.32. The Hall–Kier alpha value is -3.46. The molecule has 1 unspecified atom stereocenters. The Balaban J connectivity index is 0.00000205. The monoisotopic (exact) mass is 556 g/mol. The highest BCUT2D eigenvalue weighted by atomic mass is 35.5. The zero-order valence-electron chi connectivity index (χ0n) is 22.2. The van der Waals surface area contributed by atoms with Gasteiger partial charge in [-0.25, -0.2) is 4.39 Å². The molecule has 1 heterocycles. The molecule has 1 saturated heterocycles. The second-order valence-corrected chi connectivity index (χ2v) is 9.30. The second-order valence-electron chi connectivity index (χ2n) is 8.86. The Kier molecular flexibility index (Phi) is 10.9. The molecule has 1 aliphatic heterocycles. The van der Waals surface area contributed by atoms with Crippen LogP contribution in [0, 0.1) is 5.82 Å². The van der Waals surface area contributed by atoms with Crippen LogP contribution in [0.1, 0.15) is 43.9 Å². The summed E-state index contributed by atoms with van der Waals surface area (Å²) in [6.45, 7) is 4.15. The standard InChI is InChI=1S/C28H28ClFN2O5.C2H6/c1-37-24-10-3-2-8-21(24)17-11-12-19(22(30)15-17)16-31-27(35)25(33)26(34)28(36)32-13-5-9-23(32)18-6-4-7-20(29)14-18;1-2/h2-4,6-8,10-12,14-15,23,25-26,33-34H,5,9,13,16H2,1H3,(H,31,35);1-2H3/t23?,25-,26-;/m1./s1. The predicted octanol–water partition coefficient (Wildman–Crippen LogP) is 4.88. The van der Waals surface area contributed by atoms with E-state index in [9.17, 15) is 24.2 Å². The number of likely N-dealkylation sites (tertiary alicyclic amines) is 1. The van der Waals surface area contributed by atoms with Gasteiger partial charge in [-0.05, 0) is 48.2 Å². The Morgan fingerprint density at radius 3 is 2.51 bits per heavy atom.